The molecule has 1 amide bonds. The lowest BCUT2D eigenvalue weighted by atomic mass is 10.2. The van der Waals surface area contributed by atoms with Gasteiger partial charge >= 0.3 is 0 Å². The third-order valence-electron chi connectivity index (χ3n) is 3.06. The molecule has 1 fully saturated rings. The molecule has 7 heteroatoms. The number of rotatable bonds is 4. The second-order valence-corrected chi connectivity index (χ2v) is 7.97. The number of benzene rings is 1. The lowest BCUT2D eigenvalue weighted by Gasteiger charge is -2.17. The number of carbonyl (C=O) groups is 1. The Balaban J connectivity index is 1.89. The molecule has 5 nitrogen and oxygen atoms in total. The van der Waals surface area contributed by atoms with Crippen molar-refractivity contribution < 1.29 is 17.9 Å². The predicted molar refractivity (Wildman–Crippen MR) is 79.4 cm³/mol. The van der Waals surface area contributed by atoms with Gasteiger partial charge in [0.05, 0.1) is 11.5 Å². The van der Waals surface area contributed by atoms with E-state index in [-0.39, 0.29) is 23.5 Å². The van der Waals surface area contributed by atoms with E-state index < -0.39 is 15.9 Å². The molecule has 0 bridgehead atoms. The highest BCUT2D eigenvalue weighted by Gasteiger charge is 2.30. The van der Waals surface area contributed by atoms with Gasteiger partial charge in [-0.3, -0.25) is 4.79 Å². The first kappa shape index (κ1) is 15.3. The first-order chi connectivity index (χ1) is 9.35. The number of carbonyl (C=O) groups excluding carboxylic acids is 1. The van der Waals surface area contributed by atoms with Crippen LogP contribution in [0.2, 0.25) is 0 Å². The van der Waals surface area contributed by atoms with Crippen LogP contribution in [-0.4, -0.2) is 38.0 Å². The van der Waals surface area contributed by atoms with E-state index in [0.717, 1.165) is 4.47 Å². The maximum Gasteiger partial charge on any atom is 0.261 e. The molecule has 2 rings (SSSR count). The van der Waals surface area contributed by atoms with Crippen LogP contribution in [0.3, 0.4) is 0 Å². The average Bonchev–Trinajstić information content (AvgIpc) is 2.68. The van der Waals surface area contributed by atoms with Crippen LogP contribution in [0.5, 0.6) is 5.75 Å². The van der Waals surface area contributed by atoms with Crippen LogP contribution in [0, 0.1) is 0 Å². The highest BCUT2D eigenvalue weighted by Crippen LogP contribution is 2.19. The Kier molecular flexibility index (Phi) is 4.70. The Bertz CT molecular complexity index is 602. The van der Waals surface area contributed by atoms with Gasteiger partial charge in [-0.1, -0.05) is 22.0 Å². The van der Waals surface area contributed by atoms with Crippen LogP contribution in [0.4, 0.5) is 0 Å². The fourth-order valence-corrected chi connectivity index (χ4v) is 4.08. The predicted octanol–water partition coefficient (Wildman–Crippen LogP) is 1.52. The molecular formula is C13H16BrNO4S. The topological polar surface area (TPSA) is 72.5 Å². The highest BCUT2D eigenvalue weighted by molar-refractivity contribution is 9.10. The van der Waals surface area contributed by atoms with E-state index in [1.54, 1.807) is 19.1 Å². The Morgan fingerprint density at radius 3 is 2.85 bits per heavy atom. The number of hydrogen-bond donors (Lipinski definition) is 1. The van der Waals surface area contributed by atoms with E-state index in [1.807, 2.05) is 12.1 Å². The van der Waals surface area contributed by atoms with Crippen LogP contribution in [0.25, 0.3) is 0 Å². The van der Waals surface area contributed by atoms with Crippen LogP contribution < -0.4 is 10.1 Å². The van der Waals surface area contributed by atoms with Crippen molar-refractivity contribution in [1.82, 2.24) is 5.32 Å². The molecule has 0 spiro atoms. The molecule has 0 radical (unpaired) electrons. The van der Waals surface area contributed by atoms with Gasteiger partial charge in [0.15, 0.2) is 15.9 Å². The van der Waals surface area contributed by atoms with Crippen LogP contribution in [-0.2, 0) is 14.6 Å². The van der Waals surface area contributed by atoms with Gasteiger partial charge < -0.3 is 10.1 Å². The van der Waals surface area contributed by atoms with E-state index in [4.69, 9.17) is 4.74 Å². The van der Waals surface area contributed by atoms with E-state index in [9.17, 15) is 13.2 Å². The number of hydrogen-bond acceptors (Lipinski definition) is 4. The first-order valence-corrected chi connectivity index (χ1v) is 8.90. The highest BCUT2D eigenvalue weighted by atomic mass is 79.9. The smallest absolute Gasteiger partial charge is 0.261 e. The normalized spacial score (nSPS) is 22.2. The van der Waals surface area contributed by atoms with Crippen molar-refractivity contribution in [1.29, 1.82) is 0 Å². The van der Waals surface area contributed by atoms with Gasteiger partial charge in [-0.05, 0) is 31.5 Å². The second-order valence-electron chi connectivity index (χ2n) is 4.83. The molecular weight excluding hydrogens is 346 g/mol. The zero-order valence-corrected chi connectivity index (χ0v) is 13.4. The number of amides is 1. The molecule has 1 heterocycles. The monoisotopic (exact) mass is 361 g/mol. The van der Waals surface area contributed by atoms with Crippen LogP contribution in [0.15, 0.2) is 28.7 Å². The first-order valence-electron chi connectivity index (χ1n) is 6.29. The van der Waals surface area contributed by atoms with Gasteiger partial charge in [-0.15, -0.1) is 0 Å². The number of nitrogens with one attached hydrogen (secondary N) is 1. The van der Waals surface area contributed by atoms with Crippen molar-refractivity contribution in [2.24, 2.45) is 0 Å². The van der Waals surface area contributed by atoms with Gasteiger partial charge in [0.2, 0.25) is 0 Å². The van der Waals surface area contributed by atoms with E-state index in [1.165, 1.54) is 0 Å². The van der Waals surface area contributed by atoms with Gasteiger partial charge in [0, 0.05) is 10.5 Å². The van der Waals surface area contributed by atoms with Crippen molar-refractivity contribution in [3.05, 3.63) is 28.7 Å². The summed E-state index contributed by atoms with van der Waals surface area (Å²) in [4.78, 5) is 12.0. The van der Waals surface area contributed by atoms with Crippen molar-refractivity contribution in [2.45, 2.75) is 25.5 Å². The average molecular weight is 362 g/mol. The Morgan fingerprint density at radius 2 is 2.25 bits per heavy atom. The molecule has 0 saturated carbocycles. The minimum Gasteiger partial charge on any atom is -0.481 e. The van der Waals surface area contributed by atoms with Gasteiger partial charge in [-0.25, -0.2) is 8.42 Å². The van der Waals surface area contributed by atoms with Crippen molar-refractivity contribution in [2.75, 3.05) is 11.5 Å². The molecule has 0 unspecified atom stereocenters. The molecule has 1 N–H and O–H groups in total. The molecule has 1 aromatic rings. The zero-order chi connectivity index (χ0) is 14.8. The van der Waals surface area contributed by atoms with Crippen LogP contribution in [0.1, 0.15) is 13.3 Å². The summed E-state index contributed by atoms with van der Waals surface area (Å²) >= 11 is 3.33. The summed E-state index contributed by atoms with van der Waals surface area (Å²) in [6, 6.07) is 6.90. The summed E-state index contributed by atoms with van der Waals surface area (Å²) in [7, 11) is -2.99. The fraction of sp³-hybridized carbons (Fsp3) is 0.462. The fourth-order valence-electron chi connectivity index (χ4n) is 2.03. The zero-order valence-electron chi connectivity index (χ0n) is 11.0. The minimum atomic E-state index is -2.99. The number of halogens is 1. The van der Waals surface area contributed by atoms with E-state index in [0.29, 0.717) is 12.2 Å². The quantitative estimate of drug-likeness (QED) is 0.882. The Hall–Kier alpha value is -1.08. The molecule has 0 aromatic heterocycles. The largest absolute Gasteiger partial charge is 0.481 e. The molecule has 0 aliphatic carbocycles. The summed E-state index contributed by atoms with van der Waals surface area (Å²) in [5.41, 5.74) is 0. The summed E-state index contributed by atoms with van der Waals surface area (Å²) in [5, 5.41) is 2.71. The van der Waals surface area contributed by atoms with Crippen molar-refractivity contribution >= 4 is 31.7 Å². The number of sulfone groups is 1. The summed E-state index contributed by atoms with van der Waals surface area (Å²) in [6.07, 6.45) is -0.204. The maximum absolute atomic E-state index is 12.0. The van der Waals surface area contributed by atoms with Gasteiger partial charge in [0.1, 0.15) is 5.75 Å². The summed E-state index contributed by atoms with van der Waals surface area (Å²) < 4.78 is 29.1. The Labute approximate surface area is 126 Å². The van der Waals surface area contributed by atoms with Crippen LogP contribution >= 0.6 is 15.9 Å². The molecule has 1 aliphatic heterocycles. The van der Waals surface area contributed by atoms with E-state index in [2.05, 4.69) is 21.2 Å². The summed E-state index contributed by atoms with van der Waals surface area (Å²) in [5.74, 6) is 0.439. The third kappa shape index (κ3) is 4.21. The molecule has 1 aromatic carbocycles. The molecule has 2 atom stereocenters. The van der Waals surface area contributed by atoms with Gasteiger partial charge in [0.25, 0.3) is 5.91 Å². The second kappa shape index (κ2) is 6.13. The minimum absolute atomic E-state index is 0.0162. The third-order valence-corrected chi connectivity index (χ3v) is 5.32. The van der Waals surface area contributed by atoms with Crippen molar-refractivity contribution in [3.63, 3.8) is 0 Å². The van der Waals surface area contributed by atoms with E-state index >= 15 is 0 Å². The molecule has 20 heavy (non-hydrogen) atoms. The Morgan fingerprint density at radius 1 is 1.50 bits per heavy atom. The molecule has 1 aliphatic rings. The molecule has 110 valence electrons. The summed E-state index contributed by atoms with van der Waals surface area (Å²) in [6.45, 7) is 1.64. The lowest BCUT2D eigenvalue weighted by Crippen LogP contribution is -2.43. The lowest BCUT2D eigenvalue weighted by molar-refractivity contribution is -0.127. The van der Waals surface area contributed by atoms with Gasteiger partial charge in [-0.2, -0.15) is 0 Å². The maximum atomic E-state index is 12.0. The number of ether oxygens (including phenoxy) is 1. The van der Waals surface area contributed by atoms with Crippen molar-refractivity contribution in [3.8, 4) is 5.75 Å². The standard InChI is InChI=1S/C13H16BrNO4S/c1-9(19-12-4-2-3-10(14)7-12)13(16)15-11-5-6-20(17,18)8-11/h2-4,7,9,11H,5-6,8H2,1H3,(H,15,16)/t9-,11-/m0/s1. The SMILES string of the molecule is C[C@H](Oc1cccc(Br)c1)C(=O)N[C@H]1CCS(=O)(=O)C1. The molecule has 1 saturated heterocycles.